The molecule has 1 unspecified atom stereocenters. The molecule has 1 fully saturated rings. The predicted octanol–water partition coefficient (Wildman–Crippen LogP) is 1.57. The van der Waals surface area contributed by atoms with Crippen LogP contribution in [0.5, 0.6) is 0 Å². The fourth-order valence-corrected chi connectivity index (χ4v) is 2.45. The molecule has 0 saturated carbocycles. The van der Waals surface area contributed by atoms with Crippen molar-refractivity contribution in [2.45, 2.75) is 50.9 Å². The fraction of sp³-hybridized carbons (Fsp3) is 1.00. The summed E-state index contributed by atoms with van der Waals surface area (Å²) in [6.07, 6.45) is 3.72. The van der Waals surface area contributed by atoms with Gasteiger partial charge in [-0.15, -0.1) is 0 Å². The van der Waals surface area contributed by atoms with E-state index in [1.807, 2.05) is 14.2 Å². The lowest BCUT2D eigenvalue weighted by Gasteiger charge is -2.42. The molecular formula is C11H23NO2. The van der Waals surface area contributed by atoms with Crippen LogP contribution in [0.2, 0.25) is 0 Å². The van der Waals surface area contributed by atoms with Gasteiger partial charge in [-0.1, -0.05) is 0 Å². The molecule has 1 saturated heterocycles. The number of nitrogens with one attached hydrogen (secondary N) is 1. The van der Waals surface area contributed by atoms with E-state index >= 15 is 0 Å². The highest BCUT2D eigenvalue weighted by Crippen LogP contribution is 2.34. The van der Waals surface area contributed by atoms with Crippen LogP contribution in [0.3, 0.4) is 0 Å². The topological polar surface area (TPSA) is 30.5 Å². The van der Waals surface area contributed by atoms with Crippen LogP contribution in [0, 0.1) is 0 Å². The van der Waals surface area contributed by atoms with E-state index < -0.39 is 0 Å². The van der Waals surface area contributed by atoms with Crippen LogP contribution in [0.4, 0.5) is 0 Å². The van der Waals surface area contributed by atoms with Gasteiger partial charge in [0.15, 0.2) is 0 Å². The Kier molecular flexibility index (Phi) is 4.35. The second-order valence-electron chi connectivity index (χ2n) is 4.41. The van der Waals surface area contributed by atoms with Crippen LogP contribution in [0.1, 0.15) is 33.1 Å². The summed E-state index contributed by atoms with van der Waals surface area (Å²) in [7, 11) is 3.80. The van der Waals surface area contributed by atoms with E-state index in [1.165, 1.54) is 0 Å². The summed E-state index contributed by atoms with van der Waals surface area (Å²) >= 11 is 0. The van der Waals surface area contributed by atoms with E-state index in [0.29, 0.717) is 12.2 Å². The molecule has 0 radical (unpaired) electrons. The van der Waals surface area contributed by atoms with Crippen molar-refractivity contribution in [2.75, 3.05) is 20.7 Å². The summed E-state index contributed by atoms with van der Waals surface area (Å²) in [6.45, 7) is 5.26. The molecule has 1 aliphatic rings. The van der Waals surface area contributed by atoms with E-state index in [4.69, 9.17) is 9.47 Å². The first-order chi connectivity index (χ1) is 6.62. The van der Waals surface area contributed by atoms with E-state index in [0.717, 1.165) is 25.8 Å². The normalized spacial score (nSPS) is 38.6. The molecule has 0 aliphatic carbocycles. The SMILES string of the molecule is CNCCC1(OC)C[C@@H](C)O[C@@H](C)C1. The molecule has 3 heteroatoms. The summed E-state index contributed by atoms with van der Waals surface area (Å²) in [6, 6.07) is 0. The van der Waals surface area contributed by atoms with Gasteiger partial charge in [-0.2, -0.15) is 0 Å². The maximum absolute atomic E-state index is 5.72. The number of hydrogen-bond acceptors (Lipinski definition) is 3. The van der Waals surface area contributed by atoms with Crippen molar-refractivity contribution < 1.29 is 9.47 Å². The molecule has 1 heterocycles. The first-order valence-electron chi connectivity index (χ1n) is 5.47. The molecule has 1 N–H and O–H groups in total. The highest BCUT2D eigenvalue weighted by Gasteiger charge is 2.38. The van der Waals surface area contributed by atoms with Gasteiger partial charge in [0.1, 0.15) is 0 Å². The Bertz CT molecular complexity index is 163. The van der Waals surface area contributed by atoms with Crippen LogP contribution in [-0.2, 0) is 9.47 Å². The van der Waals surface area contributed by atoms with Crippen LogP contribution < -0.4 is 5.32 Å². The average Bonchev–Trinajstić information content (AvgIpc) is 2.13. The lowest BCUT2D eigenvalue weighted by molar-refractivity contribution is -0.149. The predicted molar refractivity (Wildman–Crippen MR) is 57.5 cm³/mol. The van der Waals surface area contributed by atoms with Gasteiger partial charge in [0, 0.05) is 20.0 Å². The van der Waals surface area contributed by atoms with Crippen LogP contribution in [0.25, 0.3) is 0 Å². The number of rotatable bonds is 4. The molecule has 84 valence electrons. The van der Waals surface area contributed by atoms with Gasteiger partial charge in [0.25, 0.3) is 0 Å². The zero-order chi connectivity index (χ0) is 10.6. The zero-order valence-corrected chi connectivity index (χ0v) is 9.80. The number of ether oxygens (including phenoxy) is 2. The minimum Gasteiger partial charge on any atom is -0.378 e. The third-order valence-corrected chi connectivity index (χ3v) is 3.05. The van der Waals surface area contributed by atoms with E-state index in [9.17, 15) is 0 Å². The van der Waals surface area contributed by atoms with Gasteiger partial charge < -0.3 is 14.8 Å². The maximum atomic E-state index is 5.72. The molecule has 1 rings (SSSR count). The van der Waals surface area contributed by atoms with Crippen molar-refractivity contribution >= 4 is 0 Å². The van der Waals surface area contributed by atoms with Crippen molar-refractivity contribution in [3.8, 4) is 0 Å². The fourth-order valence-electron chi connectivity index (χ4n) is 2.45. The van der Waals surface area contributed by atoms with Gasteiger partial charge in [-0.05, 0) is 33.9 Å². The first kappa shape index (κ1) is 12.0. The van der Waals surface area contributed by atoms with Crippen molar-refractivity contribution in [1.29, 1.82) is 0 Å². The van der Waals surface area contributed by atoms with Gasteiger partial charge in [0.05, 0.1) is 17.8 Å². The second-order valence-corrected chi connectivity index (χ2v) is 4.41. The van der Waals surface area contributed by atoms with Gasteiger partial charge >= 0.3 is 0 Å². The standard InChI is InChI=1S/C11H23NO2/c1-9-7-11(13-4,5-6-12-3)8-10(2)14-9/h9-10,12H,5-8H2,1-4H3/t9-,10+,11?. The summed E-state index contributed by atoms with van der Waals surface area (Å²) in [5, 5.41) is 3.18. The van der Waals surface area contributed by atoms with Crippen LogP contribution >= 0.6 is 0 Å². The molecular weight excluding hydrogens is 178 g/mol. The molecule has 0 aromatic heterocycles. The Morgan fingerprint density at radius 2 is 1.93 bits per heavy atom. The molecule has 3 nitrogen and oxygen atoms in total. The molecule has 3 atom stereocenters. The molecule has 14 heavy (non-hydrogen) atoms. The third-order valence-electron chi connectivity index (χ3n) is 3.05. The Balaban J connectivity index is 2.57. The molecule has 0 spiro atoms. The van der Waals surface area contributed by atoms with Crippen molar-refractivity contribution in [1.82, 2.24) is 5.32 Å². The van der Waals surface area contributed by atoms with E-state index in [1.54, 1.807) is 0 Å². The Morgan fingerprint density at radius 1 is 1.36 bits per heavy atom. The van der Waals surface area contributed by atoms with E-state index in [-0.39, 0.29) is 5.60 Å². The highest BCUT2D eigenvalue weighted by molar-refractivity contribution is 4.89. The first-order valence-corrected chi connectivity index (χ1v) is 5.47. The third kappa shape index (κ3) is 2.94. The summed E-state index contributed by atoms with van der Waals surface area (Å²) in [4.78, 5) is 0. The number of methoxy groups -OCH3 is 1. The van der Waals surface area contributed by atoms with Crippen LogP contribution in [0.15, 0.2) is 0 Å². The molecule has 0 aromatic carbocycles. The summed E-state index contributed by atoms with van der Waals surface area (Å²) < 4.78 is 11.4. The highest BCUT2D eigenvalue weighted by atomic mass is 16.5. The van der Waals surface area contributed by atoms with E-state index in [2.05, 4.69) is 19.2 Å². The minimum atomic E-state index is 0.0279. The van der Waals surface area contributed by atoms with Gasteiger partial charge in [-0.3, -0.25) is 0 Å². The Labute approximate surface area is 87.2 Å². The lowest BCUT2D eigenvalue weighted by Crippen LogP contribution is -2.46. The number of hydrogen-bond donors (Lipinski definition) is 1. The smallest absolute Gasteiger partial charge is 0.0740 e. The minimum absolute atomic E-state index is 0.0279. The van der Waals surface area contributed by atoms with Gasteiger partial charge in [-0.25, -0.2) is 0 Å². The van der Waals surface area contributed by atoms with Crippen molar-refractivity contribution in [3.05, 3.63) is 0 Å². The maximum Gasteiger partial charge on any atom is 0.0740 e. The zero-order valence-electron chi connectivity index (χ0n) is 9.80. The van der Waals surface area contributed by atoms with Gasteiger partial charge in [0.2, 0.25) is 0 Å². The van der Waals surface area contributed by atoms with Crippen LogP contribution in [-0.4, -0.2) is 38.5 Å². The molecule has 0 bridgehead atoms. The average molecular weight is 201 g/mol. The van der Waals surface area contributed by atoms with Crippen molar-refractivity contribution in [3.63, 3.8) is 0 Å². The largest absolute Gasteiger partial charge is 0.378 e. The second kappa shape index (κ2) is 5.10. The summed E-state index contributed by atoms with van der Waals surface area (Å²) in [5.41, 5.74) is 0.0279. The molecule has 1 aliphatic heterocycles. The monoisotopic (exact) mass is 201 g/mol. The quantitative estimate of drug-likeness (QED) is 0.749. The Morgan fingerprint density at radius 3 is 2.36 bits per heavy atom. The molecule has 0 amide bonds. The Hall–Kier alpha value is -0.120. The summed E-state index contributed by atoms with van der Waals surface area (Å²) in [5.74, 6) is 0. The van der Waals surface area contributed by atoms with Crippen molar-refractivity contribution in [2.24, 2.45) is 0 Å². The molecule has 0 aromatic rings. The lowest BCUT2D eigenvalue weighted by atomic mass is 9.84.